The van der Waals surface area contributed by atoms with Crippen molar-refractivity contribution in [3.8, 4) is 17.0 Å². The molecule has 1 aromatic heterocycles. The standard InChI is InChI=1S/C31H27ClN4O4S/c1-30-16-31(2,25(35-27(30)38)20-9-4-5-10-21(20)30)28(39)36-29-34-23(15-41-29)17-7-6-8-18(13-17)26(37)33-19-11-12-24(40-3)22(32)14-19/h4-15,25H,16H2,1-3H3,(H,33,37)(H,35,38)(H,34,36,39). The van der Waals surface area contributed by atoms with Gasteiger partial charge in [-0.15, -0.1) is 11.3 Å². The van der Waals surface area contributed by atoms with Gasteiger partial charge >= 0.3 is 0 Å². The van der Waals surface area contributed by atoms with Gasteiger partial charge < -0.3 is 20.7 Å². The minimum absolute atomic E-state index is 0.0537. The molecule has 3 heterocycles. The van der Waals surface area contributed by atoms with Crippen molar-refractivity contribution < 1.29 is 19.1 Å². The number of nitrogens with zero attached hydrogens (tertiary/aromatic N) is 1. The molecular formula is C31H27ClN4O4S. The van der Waals surface area contributed by atoms with Gasteiger partial charge in [0.15, 0.2) is 5.13 Å². The number of anilines is 2. The molecule has 3 amide bonds. The zero-order valence-electron chi connectivity index (χ0n) is 22.6. The first-order valence-corrected chi connectivity index (χ1v) is 14.3. The van der Waals surface area contributed by atoms with Crippen LogP contribution in [0.5, 0.6) is 5.75 Å². The first kappa shape index (κ1) is 27.0. The van der Waals surface area contributed by atoms with Gasteiger partial charge in [0.1, 0.15) is 5.75 Å². The Morgan fingerprint density at radius 3 is 2.66 bits per heavy atom. The molecule has 7 rings (SSSR count). The third kappa shape index (κ3) is 4.55. The smallest absolute Gasteiger partial charge is 0.255 e. The number of halogens is 1. The molecule has 3 unspecified atom stereocenters. The Bertz CT molecular complexity index is 1720. The van der Waals surface area contributed by atoms with Crippen molar-refractivity contribution in [2.24, 2.45) is 5.41 Å². The number of piperidine rings is 1. The number of methoxy groups -OCH3 is 1. The zero-order chi connectivity index (χ0) is 28.9. The lowest BCUT2D eigenvalue weighted by molar-refractivity contribution is -0.142. The van der Waals surface area contributed by atoms with Crippen molar-refractivity contribution >= 4 is 51.5 Å². The van der Waals surface area contributed by atoms with E-state index < -0.39 is 16.9 Å². The number of amides is 3. The van der Waals surface area contributed by atoms with E-state index in [1.807, 2.05) is 49.6 Å². The van der Waals surface area contributed by atoms with Crippen molar-refractivity contribution in [2.75, 3.05) is 17.7 Å². The van der Waals surface area contributed by atoms with Gasteiger partial charge in [0.2, 0.25) is 11.8 Å². The van der Waals surface area contributed by atoms with Gasteiger partial charge in [0, 0.05) is 22.2 Å². The average Bonchev–Trinajstić information content (AvgIpc) is 3.43. The molecule has 3 aromatic carbocycles. The Labute approximate surface area is 246 Å². The Morgan fingerprint density at radius 1 is 1.07 bits per heavy atom. The van der Waals surface area contributed by atoms with Crippen LogP contribution in [0.25, 0.3) is 11.3 Å². The summed E-state index contributed by atoms with van der Waals surface area (Å²) in [5.41, 5.74) is 2.67. The number of ether oxygens (including phenoxy) is 1. The SMILES string of the molecule is COc1ccc(NC(=O)c2cccc(-c3csc(NC(=O)C4(C)CC5(C)C(=O)NC4c4ccccc45)n3)c2)cc1Cl. The maximum absolute atomic E-state index is 13.7. The summed E-state index contributed by atoms with van der Waals surface area (Å²) < 4.78 is 5.16. The van der Waals surface area contributed by atoms with E-state index in [0.717, 1.165) is 16.7 Å². The van der Waals surface area contributed by atoms with E-state index in [1.54, 1.807) is 36.4 Å². The number of carbonyl (C=O) groups is 3. The van der Waals surface area contributed by atoms with Crippen molar-refractivity contribution in [1.82, 2.24) is 10.3 Å². The highest BCUT2D eigenvalue weighted by atomic mass is 35.5. The van der Waals surface area contributed by atoms with Crippen molar-refractivity contribution in [2.45, 2.75) is 31.7 Å². The molecule has 10 heteroatoms. The lowest BCUT2D eigenvalue weighted by Gasteiger charge is -2.54. The summed E-state index contributed by atoms with van der Waals surface area (Å²) in [5.74, 6) is -0.0304. The maximum atomic E-state index is 13.7. The van der Waals surface area contributed by atoms with Crippen LogP contribution >= 0.6 is 22.9 Å². The number of rotatable bonds is 6. The second-order valence-corrected chi connectivity index (χ2v) is 12.1. The second-order valence-electron chi connectivity index (χ2n) is 10.8. The molecule has 41 heavy (non-hydrogen) atoms. The molecule has 1 saturated heterocycles. The van der Waals surface area contributed by atoms with Gasteiger partial charge in [-0.3, -0.25) is 14.4 Å². The minimum atomic E-state index is -0.856. The van der Waals surface area contributed by atoms with Crippen molar-refractivity contribution in [3.05, 3.63) is 93.8 Å². The molecule has 1 fully saturated rings. The van der Waals surface area contributed by atoms with Gasteiger partial charge in [-0.1, -0.05) is 48.0 Å². The van der Waals surface area contributed by atoms with Crippen LogP contribution in [0.3, 0.4) is 0 Å². The quantitative estimate of drug-likeness (QED) is 0.249. The molecule has 0 radical (unpaired) electrons. The Morgan fingerprint density at radius 2 is 1.88 bits per heavy atom. The number of hydrogen-bond acceptors (Lipinski definition) is 6. The lowest BCUT2D eigenvalue weighted by atomic mass is 9.55. The van der Waals surface area contributed by atoms with E-state index in [9.17, 15) is 14.4 Å². The minimum Gasteiger partial charge on any atom is -0.495 e. The molecule has 3 N–H and O–H groups in total. The fourth-order valence-corrected chi connectivity index (χ4v) is 6.91. The molecule has 4 aromatic rings. The molecular weight excluding hydrogens is 560 g/mol. The highest BCUT2D eigenvalue weighted by Gasteiger charge is 2.60. The van der Waals surface area contributed by atoms with Crippen LogP contribution in [0.2, 0.25) is 5.02 Å². The van der Waals surface area contributed by atoms with Gasteiger partial charge in [-0.05, 0) is 61.7 Å². The second kappa shape index (κ2) is 10.0. The van der Waals surface area contributed by atoms with E-state index in [1.165, 1.54) is 18.4 Å². The molecule has 8 nitrogen and oxygen atoms in total. The molecule has 0 spiro atoms. The van der Waals surface area contributed by atoms with Crippen LogP contribution in [0.1, 0.15) is 47.8 Å². The van der Waals surface area contributed by atoms with Gasteiger partial charge in [-0.25, -0.2) is 4.98 Å². The van der Waals surface area contributed by atoms with Gasteiger partial charge in [-0.2, -0.15) is 0 Å². The maximum Gasteiger partial charge on any atom is 0.255 e. The van der Waals surface area contributed by atoms with Crippen LogP contribution in [0.15, 0.2) is 72.1 Å². The van der Waals surface area contributed by atoms with E-state index >= 15 is 0 Å². The first-order chi connectivity index (χ1) is 19.6. The van der Waals surface area contributed by atoms with Crippen molar-refractivity contribution in [3.63, 3.8) is 0 Å². The third-order valence-electron chi connectivity index (χ3n) is 8.07. The number of hydrogen-bond donors (Lipinski definition) is 3. The molecule has 2 aliphatic heterocycles. The van der Waals surface area contributed by atoms with Crippen LogP contribution in [-0.4, -0.2) is 29.8 Å². The highest BCUT2D eigenvalue weighted by Crippen LogP contribution is 2.56. The van der Waals surface area contributed by atoms with Crippen molar-refractivity contribution in [1.29, 1.82) is 0 Å². The van der Waals surface area contributed by atoms with E-state index in [4.69, 9.17) is 16.3 Å². The molecule has 208 valence electrons. The predicted octanol–water partition coefficient (Wildman–Crippen LogP) is 6.20. The fraction of sp³-hybridized carbons (Fsp3) is 0.226. The number of nitrogens with one attached hydrogen (secondary N) is 3. The Kier molecular flexibility index (Phi) is 6.59. The number of benzene rings is 3. The van der Waals surface area contributed by atoms with Crippen LogP contribution < -0.4 is 20.7 Å². The average molecular weight is 587 g/mol. The molecule has 3 aliphatic rings. The van der Waals surface area contributed by atoms with E-state index in [0.29, 0.717) is 39.3 Å². The number of fused-ring (bicyclic) bond motifs is 2. The zero-order valence-corrected chi connectivity index (χ0v) is 24.2. The number of aromatic nitrogens is 1. The summed E-state index contributed by atoms with van der Waals surface area (Å²) in [4.78, 5) is 44.2. The van der Waals surface area contributed by atoms with Gasteiger partial charge in [0.05, 0.1) is 34.7 Å². The molecule has 0 saturated carbocycles. The summed E-state index contributed by atoms with van der Waals surface area (Å²) >= 11 is 7.49. The van der Waals surface area contributed by atoms with Crippen LogP contribution in [0.4, 0.5) is 10.8 Å². The fourth-order valence-electron chi connectivity index (χ4n) is 5.94. The van der Waals surface area contributed by atoms with E-state index in [-0.39, 0.29) is 17.7 Å². The van der Waals surface area contributed by atoms with Gasteiger partial charge in [0.25, 0.3) is 5.91 Å². The summed E-state index contributed by atoms with van der Waals surface area (Å²) in [5, 5.41) is 11.6. The van der Waals surface area contributed by atoms with E-state index in [2.05, 4.69) is 20.9 Å². The number of carbonyl (C=O) groups excluding carboxylic acids is 3. The monoisotopic (exact) mass is 586 g/mol. The normalized spacial score (nSPS) is 22.4. The lowest BCUT2D eigenvalue weighted by Crippen LogP contribution is -2.63. The molecule has 1 aliphatic carbocycles. The van der Waals surface area contributed by atoms with Crippen LogP contribution in [0, 0.1) is 5.41 Å². The topological polar surface area (TPSA) is 109 Å². The molecule has 2 bridgehead atoms. The summed E-state index contributed by atoms with van der Waals surface area (Å²) in [7, 11) is 1.53. The largest absolute Gasteiger partial charge is 0.495 e. The highest BCUT2D eigenvalue weighted by molar-refractivity contribution is 7.14. The summed E-state index contributed by atoms with van der Waals surface area (Å²) in [6, 6.07) is 19.5. The summed E-state index contributed by atoms with van der Waals surface area (Å²) in [6.45, 7) is 3.79. The summed E-state index contributed by atoms with van der Waals surface area (Å²) in [6.07, 6.45) is 0.397. The predicted molar refractivity (Wildman–Crippen MR) is 160 cm³/mol. The molecule has 3 atom stereocenters. The Balaban J connectivity index is 1.19. The first-order valence-electron chi connectivity index (χ1n) is 13.0. The van der Waals surface area contributed by atoms with Crippen LogP contribution in [-0.2, 0) is 15.0 Å². The number of thiazole rings is 1. The third-order valence-corrected chi connectivity index (χ3v) is 9.13. The Hall–Kier alpha value is -4.21.